The minimum Gasteiger partial charge on any atom is -0.509 e. The molecule has 0 aliphatic carbocycles. The third kappa shape index (κ3) is 9.68. The van der Waals surface area contributed by atoms with Crippen molar-refractivity contribution in [2.24, 2.45) is 0 Å². The Labute approximate surface area is 494 Å². The van der Waals surface area contributed by atoms with Gasteiger partial charge in [-0.05, 0) is 95.1 Å². The Hall–Kier alpha value is -7.98. The molecule has 3 heterocycles. The second-order valence-corrected chi connectivity index (χ2v) is 21.3. The summed E-state index contributed by atoms with van der Waals surface area (Å²) in [5.41, 5.74) is 4.21. The van der Waals surface area contributed by atoms with E-state index in [9.17, 15) is 12.3 Å². The number of anilines is 4. The number of rotatable bonds is 10. The van der Waals surface area contributed by atoms with Gasteiger partial charge in [0.1, 0.15) is 5.82 Å². The number of para-hydroxylation sites is 3. The molecule has 11 aromatic rings. The zero-order valence-electron chi connectivity index (χ0n) is 61.5. The van der Waals surface area contributed by atoms with Gasteiger partial charge < -0.3 is 19.1 Å². The van der Waals surface area contributed by atoms with Gasteiger partial charge in [-0.1, -0.05) is 212 Å². The molecule has 2 aromatic heterocycles. The number of hydrogen-bond donors (Lipinski definition) is 0. The van der Waals surface area contributed by atoms with E-state index in [0.717, 1.165) is 22.3 Å². The van der Waals surface area contributed by atoms with Gasteiger partial charge in [0.25, 0.3) is 0 Å². The first-order valence-corrected chi connectivity index (χ1v) is 24.9. The summed E-state index contributed by atoms with van der Waals surface area (Å²) in [5, 5.41) is 0.202. The molecule has 77 heavy (non-hydrogen) atoms. The number of pyridine rings is 1. The van der Waals surface area contributed by atoms with E-state index in [1.165, 1.54) is 22.8 Å². The van der Waals surface area contributed by atoms with E-state index < -0.39 is 114 Å². The fraction of sp³-hybridized carbons (Fsp3) is 0.155. The molecule has 0 atom stereocenters. The van der Waals surface area contributed by atoms with Crippen LogP contribution >= 0.6 is 0 Å². The molecule has 1 aliphatic heterocycles. The van der Waals surface area contributed by atoms with Crippen LogP contribution in [0.5, 0.6) is 11.5 Å². The van der Waals surface area contributed by atoms with Crippen LogP contribution in [0.2, 0.25) is 0 Å². The first kappa shape index (κ1) is 33.9. The number of aromatic nitrogens is 2. The van der Waals surface area contributed by atoms with Crippen LogP contribution in [0.4, 0.5) is 22.7 Å². The summed E-state index contributed by atoms with van der Waals surface area (Å²) in [5.74, 6) is -1.13. The number of hydrogen-bond acceptors (Lipinski definition) is 4. The van der Waals surface area contributed by atoms with Gasteiger partial charge in [0.15, 0.2) is 0 Å². The molecule has 6 heteroatoms. The summed E-state index contributed by atoms with van der Waals surface area (Å²) in [7, 11) is 0. The van der Waals surface area contributed by atoms with E-state index in [4.69, 9.17) is 17.1 Å². The van der Waals surface area contributed by atoms with Gasteiger partial charge in [-0.15, -0.1) is 48.0 Å². The van der Waals surface area contributed by atoms with Gasteiger partial charge >= 0.3 is 0 Å². The normalized spacial score (nSPS) is 16.0. The Morgan fingerprint density at radius 1 is 0.506 bits per heavy atom. The molecule has 0 amide bonds. The quantitative estimate of drug-likeness (QED) is 0.128. The van der Waals surface area contributed by atoms with Gasteiger partial charge in [-0.2, -0.15) is 12.1 Å². The van der Waals surface area contributed by atoms with E-state index in [2.05, 4.69) is 76.9 Å². The average molecular weight is 1200 g/mol. The van der Waals surface area contributed by atoms with Crippen molar-refractivity contribution in [1.82, 2.24) is 9.55 Å². The molecule has 0 radical (unpaired) electrons. The van der Waals surface area contributed by atoms with Crippen LogP contribution in [0.15, 0.2) is 218 Å². The molecule has 1 aliphatic rings. The minimum absolute atomic E-state index is 0. The summed E-state index contributed by atoms with van der Waals surface area (Å²) in [4.78, 5) is 7.90. The van der Waals surface area contributed by atoms with Gasteiger partial charge in [0, 0.05) is 80.6 Å². The van der Waals surface area contributed by atoms with Crippen molar-refractivity contribution in [3.05, 3.63) is 259 Å². The summed E-state index contributed by atoms with van der Waals surface area (Å²) >= 11 is 0. The van der Waals surface area contributed by atoms with Crippen molar-refractivity contribution in [2.45, 2.75) is 71.6 Å². The molecule has 9 aromatic carbocycles. The van der Waals surface area contributed by atoms with Crippen LogP contribution in [-0.2, 0) is 37.3 Å². The third-order valence-electron chi connectivity index (χ3n) is 13.9. The Morgan fingerprint density at radius 3 is 1.83 bits per heavy atom. The van der Waals surface area contributed by atoms with Crippen LogP contribution in [0.3, 0.4) is 0 Å². The van der Waals surface area contributed by atoms with E-state index in [1.54, 1.807) is 46.8 Å². The zero-order chi connectivity index (χ0) is 68.0. The number of nitrogens with zero attached hydrogens (tertiary/aromatic N) is 4. The largest absolute Gasteiger partial charge is 0.509 e. The molecule has 5 nitrogen and oxygen atoms in total. The Morgan fingerprint density at radius 2 is 1.14 bits per heavy atom. The van der Waals surface area contributed by atoms with Gasteiger partial charge in [0.05, 0.1) is 17.8 Å². The summed E-state index contributed by atoms with van der Waals surface area (Å²) in [6.07, 6.45) is -0.494. The van der Waals surface area contributed by atoms with E-state index in [-0.39, 0.29) is 105 Å². The van der Waals surface area contributed by atoms with Crippen molar-refractivity contribution in [2.75, 3.05) is 9.80 Å². The first-order chi connectivity index (χ1) is 44.2. The molecule has 12 rings (SSSR count). The third-order valence-corrected chi connectivity index (χ3v) is 13.9. The topological polar surface area (TPSA) is 33.5 Å². The van der Waals surface area contributed by atoms with Crippen molar-refractivity contribution < 1.29 is 50.5 Å². The summed E-state index contributed by atoms with van der Waals surface area (Å²) < 4.78 is 171. The monoisotopic (exact) mass is 1200 g/mol. The number of benzene rings is 9. The maximum atomic E-state index is 9.92. The van der Waals surface area contributed by atoms with E-state index in [1.807, 2.05) is 56.3 Å². The Kier molecular flexibility index (Phi) is 8.89. The maximum absolute atomic E-state index is 9.92. The van der Waals surface area contributed by atoms with Crippen molar-refractivity contribution in [1.29, 1.82) is 0 Å². The predicted molar refractivity (Wildman–Crippen MR) is 317 cm³/mol. The molecule has 0 unspecified atom stereocenters. The van der Waals surface area contributed by atoms with E-state index in [0.29, 0.717) is 22.6 Å². The second-order valence-electron chi connectivity index (χ2n) is 21.3. The van der Waals surface area contributed by atoms with Crippen molar-refractivity contribution >= 4 is 44.6 Å². The molecular formula is C71H61N4OPt-3. The standard InChI is InChI=1S/C71H61N4O.Pt/c1-69(2,3)54-40-51(41-55(43-54)70(4,5)6)60-31-21-30-59(49-24-14-10-15-25-49)68(60)74-47-73(64-32-18-19-33-65(64)74)56-28-20-29-57(45-56)76-58-35-36-61-62-42-50(48-22-12-9-13-23-48)34-37-63(62)75(66(61)46-58)67-44-53(38-39-72-67)71(7,8)52-26-16-11-17-27-52;/h9-44,47H,1-8H3;/q-3;/i9D,10D,12D,13D,14D,15D,20D,22D,23D,24D,25D,28D,29D,35D,36D,38D,39D,44D;. The molecule has 0 saturated heterocycles. The second kappa shape index (κ2) is 20.2. The Bertz CT molecular complexity index is 4950. The molecule has 0 N–H and O–H groups in total. The fourth-order valence-corrected chi connectivity index (χ4v) is 9.67. The summed E-state index contributed by atoms with van der Waals surface area (Å²) in [6.45, 7) is 18.0. The van der Waals surface area contributed by atoms with Crippen LogP contribution in [-0.4, -0.2) is 9.55 Å². The van der Waals surface area contributed by atoms with Crippen LogP contribution < -0.4 is 14.5 Å². The van der Waals surface area contributed by atoms with Crippen molar-refractivity contribution in [3.63, 3.8) is 0 Å². The number of fused-ring (bicyclic) bond motifs is 4. The van der Waals surface area contributed by atoms with Crippen molar-refractivity contribution in [3.8, 4) is 50.7 Å². The molecule has 0 spiro atoms. The summed E-state index contributed by atoms with van der Waals surface area (Å²) in [6, 6.07) is 30.1. The molecule has 384 valence electrons. The van der Waals surface area contributed by atoms with Crippen LogP contribution in [0, 0.1) is 18.8 Å². The van der Waals surface area contributed by atoms with Gasteiger partial charge in [-0.3, -0.25) is 0 Å². The van der Waals surface area contributed by atoms with Gasteiger partial charge in [0.2, 0.25) is 0 Å². The fourth-order valence-electron chi connectivity index (χ4n) is 9.67. The zero-order valence-corrected chi connectivity index (χ0v) is 45.8. The SMILES string of the molecule is [2H]c1nc(-n2c3[c-]c(Oc4[c-]c(N5[CH-]N(c6c(-c7cc(C(C)(C)C)cc(C(C)(C)C)c7)cccc6-c6c([2H])c([2H])c([2H])c([2H])c6[2H])c6ccccc65)c([2H])c([2H])c4[2H])c([2H])c([2H])c3c3cc(-c4c([2H])c([2H])c([2H])c([2H])c4[2H])ccc32)c([2H])c(C(C)(C)c2ccccc2)c1[2H].[Pt]. The van der Waals surface area contributed by atoms with Crippen LogP contribution in [0.25, 0.3) is 61.0 Å². The minimum atomic E-state index is -1.06. The first-order valence-electron chi connectivity index (χ1n) is 33.9. The van der Waals surface area contributed by atoms with Crippen LogP contribution in [0.1, 0.15) is 102 Å². The van der Waals surface area contributed by atoms with E-state index >= 15 is 0 Å². The molecule has 0 bridgehead atoms. The molecule has 0 fully saturated rings. The number of ether oxygens (including phenoxy) is 1. The Balaban J connectivity index is 0.00000919. The molecular weight excluding hydrogens is 1120 g/mol. The average Bonchev–Trinajstić information content (AvgIpc) is 1.59. The van der Waals surface area contributed by atoms with Gasteiger partial charge in [-0.25, -0.2) is 4.98 Å². The predicted octanol–water partition coefficient (Wildman–Crippen LogP) is 18.9. The smallest absolute Gasteiger partial charge is 0.135 e. The maximum Gasteiger partial charge on any atom is 0.135 e. The molecule has 0 saturated carbocycles.